The van der Waals surface area contributed by atoms with E-state index in [2.05, 4.69) is 4.72 Å². The number of hydrogen-bond donors (Lipinski definition) is 2. The predicted molar refractivity (Wildman–Crippen MR) is 57.4 cm³/mol. The molecular weight excluding hydrogens is 200 g/mol. The summed E-state index contributed by atoms with van der Waals surface area (Å²) in [5.41, 5.74) is 5.38. The zero-order valence-electron chi connectivity index (χ0n) is 8.70. The third-order valence-electron chi connectivity index (χ3n) is 2.71. The van der Waals surface area contributed by atoms with Crippen molar-refractivity contribution < 1.29 is 8.42 Å². The Morgan fingerprint density at radius 1 is 1.36 bits per heavy atom. The molecule has 0 spiro atoms. The Bertz CT molecular complexity index is 258. The van der Waals surface area contributed by atoms with Gasteiger partial charge in [0.2, 0.25) is 10.0 Å². The van der Waals surface area contributed by atoms with Crippen LogP contribution in [-0.2, 0) is 10.0 Å². The fourth-order valence-corrected chi connectivity index (χ4v) is 3.60. The molecule has 1 aliphatic carbocycles. The van der Waals surface area contributed by atoms with E-state index in [0.29, 0.717) is 6.54 Å². The maximum Gasteiger partial charge on any atom is 0.214 e. The first kappa shape index (κ1) is 11.9. The third-order valence-corrected chi connectivity index (χ3v) is 4.79. The highest BCUT2D eigenvalue weighted by Gasteiger charge is 2.27. The first-order valence-corrected chi connectivity index (χ1v) is 6.82. The summed E-state index contributed by atoms with van der Waals surface area (Å²) in [6.45, 7) is 2.15. The Labute approximate surface area is 86.3 Å². The van der Waals surface area contributed by atoms with Gasteiger partial charge in [0, 0.05) is 12.6 Å². The van der Waals surface area contributed by atoms with Gasteiger partial charge in [-0.1, -0.05) is 19.3 Å². The Hall–Kier alpha value is -0.130. The number of nitrogens with two attached hydrogens (primary N) is 1. The van der Waals surface area contributed by atoms with Crippen LogP contribution in [0.1, 0.15) is 39.0 Å². The van der Waals surface area contributed by atoms with E-state index in [-0.39, 0.29) is 11.3 Å². The minimum Gasteiger partial charge on any atom is -0.329 e. The average Bonchev–Trinajstić information content (AvgIpc) is 2.18. The largest absolute Gasteiger partial charge is 0.329 e. The molecule has 0 amide bonds. The maximum atomic E-state index is 11.8. The molecule has 1 unspecified atom stereocenters. The van der Waals surface area contributed by atoms with Crippen LogP contribution in [-0.4, -0.2) is 26.3 Å². The van der Waals surface area contributed by atoms with E-state index in [9.17, 15) is 8.42 Å². The number of nitrogens with one attached hydrogen (secondary N) is 1. The standard InChI is InChI=1S/C9H20N2O2S/c1-8(7-10)11-14(12,13)9-5-3-2-4-6-9/h8-9,11H,2-7,10H2,1H3. The van der Waals surface area contributed by atoms with Gasteiger partial charge in [0.05, 0.1) is 5.25 Å². The minimum atomic E-state index is -3.12. The lowest BCUT2D eigenvalue weighted by Crippen LogP contribution is -2.43. The van der Waals surface area contributed by atoms with Gasteiger partial charge in [-0.3, -0.25) is 0 Å². The Kier molecular flexibility index (Phi) is 4.34. The second-order valence-corrected chi connectivity index (χ2v) is 6.05. The van der Waals surface area contributed by atoms with Gasteiger partial charge in [-0.05, 0) is 19.8 Å². The van der Waals surface area contributed by atoms with Crippen LogP contribution in [0.25, 0.3) is 0 Å². The van der Waals surface area contributed by atoms with Crippen molar-refractivity contribution in [1.82, 2.24) is 4.72 Å². The minimum absolute atomic E-state index is 0.151. The van der Waals surface area contributed by atoms with Crippen molar-refractivity contribution in [3.05, 3.63) is 0 Å². The molecule has 14 heavy (non-hydrogen) atoms. The summed E-state index contributed by atoms with van der Waals surface area (Å²) in [5, 5.41) is -0.190. The van der Waals surface area contributed by atoms with Crippen molar-refractivity contribution in [2.75, 3.05) is 6.54 Å². The lowest BCUT2D eigenvalue weighted by Gasteiger charge is -2.23. The maximum absolute atomic E-state index is 11.8. The highest BCUT2D eigenvalue weighted by atomic mass is 32.2. The van der Waals surface area contributed by atoms with Crippen LogP contribution >= 0.6 is 0 Å². The fourth-order valence-electron chi connectivity index (χ4n) is 1.80. The van der Waals surface area contributed by atoms with Crippen molar-refractivity contribution in [2.45, 2.75) is 50.3 Å². The summed E-state index contributed by atoms with van der Waals surface area (Å²) in [4.78, 5) is 0. The molecular formula is C9H20N2O2S. The highest BCUT2D eigenvalue weighted by molar-refractivity contribution is 7.90. The number of sulfonamides is 1. The molecule has 1 saturated carbocycles. The summed E-state index contributed by atoms with van der Waals surface area (Å²) < 4.78 is 26.2. The van der Waals surface area contributed by atoms with E-state index < -0.39 is 10.0 Å². The van der Waals surface area contributed by atoms with Crippen LogP contribution in [0.2, 0.25) is 0 Å². The molecule has 0 aromatic heterocycles. The third kappa shape index (κ3) is 3.22. The van der Waals surface area contributed by atoms with E-state index in [0.717, 1.165) is 25.7 Å². The van der Waals surface area contributed by atoms with Gasteiger partial charge in [-0.2, -0.15) is 0 Å². The van der Waals surface area contributed by atoms with Gasteiger partial charge >= 0.3 is 0 Å². The molecule has 0 radical (unpaired) electrons. The molecule has 0 saturated heterocycles. The van der Waals surface area contributed by atoms with E-state index in [4.69, 9.17) is 5.73 Å². The van der Waals surface area contributed by atoms with Gasteiger partial charge < -0.3 is 5.73 Å². The van der Waals surface area contributed by atoms with Crippen molar-refractivity contribution in [1.29, 1.82) is 0 Å². The van der Waals surface area contributed by atoms with Crippen molar-refractivity contribution in [3.8, 4) is 0 Å². The summed E-state index contributed by atoms with van der Waals surface area (Å²) in [5.74, 6) is 0. The first-order valence-electron chi connectivity index (χ1n) is 5.27. The molecule has 5 heteroatoms. The number of hydrogen-bond acceptors (Lipinski definition) is 3. The van der Waals surface area contributed by atoms with Crippen molar-refractivity contribution >= 4 is 10.0 Å². The Morgan fingerprint density at radius 2 is 1.93 bits per heavy atom. The lowest BCUT2D eigenvalue weighted by molar-refractivity contribution is 0.472. The smallest absolute Gasteiger partial charge is 0.214 e. The zero-order valence-corrected chi connectivity index (χ0v) is 9.52. The molecule has 1 atom stereocenters. The van der Waals surface area contributed by atoms with Crippen LogP contribution in [0.15, 0.2) is 0 Å². The van der Waals surface area contributed by atoms with Gasteiger partial charge in [0.15, 0.2) is 0 Å². The van der Waals surface area contributed by atoms with Crippen LogP contribution in [0.4, 0.5) is 0 Å². The zero-order chi connectivity index (χ0) is 10.6. The molecule has 1 aliphatic rings. The quantitative estimate of drug-likeness (QED) is 0.728. The van der Waals surface area contributed by atoms with E-state index >= 15 is 0 Å². The molecule has 1 fully saturated rings. The molecule has 1 rings (SSSR count). The molecule has 3 N–H and O–H groups in total. The van der Waals surface area contributed by atoms with Crippen molar-refractivity contribution in [2.24, 2.45) is 5.73 Å². The molecule has 4 nitrogen and oxygen atoms in total. The Balaban J connectivity index is 2.54. The summed E-state index contributed by atoms with van der Waals surface area (Å²) in [6.07, 6.45) is 4.82. The monoisotopic (exact) mass is 220 g/mol. The van der Waals surface area contributed by atoms with Crippen molar-refractivity contribution in [3.63, 3.8) is 0 Å². The molecule has 0 aliphatic heterocycles. The highest BCUT2D eigenvalue weighted by Crippen LogP contribution is 2.23. The summed E-state index contributed by atoms with van der Waals surface area (Å²) in [6, 6.07) is -0.151. The molecule has 0 heterocycles. The molecule has 0 aromatic rings. The van der Waals surface area contributed by atoms with Crippen LogP contribution in [0.5, 0.6) is 0 Å². The lowest BCUT2D eigenvalue weighted by atomic mass is 10.0. The van der Waals surface area contributed by atoms with Gasteiger partial charge in [0.25, 0.3) is 0 Å². The van der Waals surface area contributed by atoms with E-state index in [1.165, 1.54) is 6.42 Å². The van der Waals surface area contributed by atoms with Gasteiger partial charge in [0.1, 0.15) is 0 Å². The SMILES string of the molecule is CC(CN)NS(=O)(=O)C1CCCCC1. The van der Waals surface area contributed by atoms with Crippen LogP contribution < -0.4 is 10.5 Å². The van der Waals surface area contributed by atoms with Crippen LogP contribution in [0.3, 0.4) is 0 Å². The van der Waals surface area contributed by atoms with Crippen LogP contribution in [0, 0.1) is 0 Å². The van der Waals surface area contributed by atoms with Gasteiger partial charge in [-0.25, -0.2) is 13.1 Å². The first-order chi connectivity index (χ1) is 6.56. The van der Waals surface area contributed by atoms with E-state index in [1.54, 1.807) is 6.92 Å². The molecule has 84 valence electrons. The average molecular weight is 220 g/mol. The fraction of sp³-hybridized carbons (Fsp3) is 1.00. The molecule has 0 aromatic carbocycles. The predicted octanol–water partition coefficient (Wildman–Crippen LogP) is 0.586. The normalized spacial score (nSPS) is 22.1. The topological polar surface area (TPSA) is 72.2 Å². The summed E-state index contributed by atoms with van der Waals surface area (Å²) >= 11 is 0. The van der Waals surface area contributed by atoms with E-state index in [1.807, 2.05) is 0 Å². The van der Waals surface area contributed by atoms with Gasteiger partial charge in [-0.15, -0.1) is 0 Å². The number of rotatable bonds is 4. The molecule has 0 bridgehead atoms. The second kappa shape index (κ2) is 5.09. The second-order valence-electron chi connectivity index (χ2n) is 4.06. The Morgan fingerprint density at radius 3 is 2.43 bits per heavy atom. The summed E-state index contributed by atoms with van der Waals surface area (Å²) in [7, 11) is -3.12.